The molecule has 2 amide bonds. The van der Waals surface area contributed by atoms with Crippen molar-refractivity contribution >= 4 is 103 Å². The Labute approximate surface area is 424 Å². The minimum Gasteiger partial charge on any atom is -0.438 e. The Morgan fingerprint density at radius 3 is 1.20 bits per heavy atom. The van der Waals surface area contributed by atoms with Crippen molar-refractivity contribution in [3.8, 4) is 0 Å². The molecular formula is C46H62N2Na2O12S2. The summed E-state index contributed by atoms with van der Waals surface area (Å²) in [4.78, 5) is 50.4. The van der Waals surface area contributed by atoms with Gasteiger partial charge in [0.1, 0.15) is 0 Å². The summed E-state index contributed by atoms with van der Waals surface area (Å²) in [5, 5.41) is 4.48. The maximum absolute atomic E-state index is 13.0. The molecule has 0 heterocycles. The van der Waals surface area contributed by atoms with E-state index in [0.717, 1.165) is 33.4 Å². The van der Waals surface area contributed by atoms with Gasteiger partial charge in [-0.1, -0.05) is 135 Å². The predicted molar refractivity (Wildman–Crippen MR) is 254 cm³/mol. The third-order valence-electron chi connectivity index (χ3n) is 10.0. The number of hydrogen-bond acceptors (Lipinski definition) is 10. The van der Waals surface area contributed by atoms with Gasteiger partial charge < -0.3 is 20.1 Å². The topological polar surface area (TPSA) is 220 Å². The van der Waals surface area contributed by atoms with E-state index in [0.29, 0.717) is 11.1 Å². The average Bonchev–Trinajstić information content (AvgIpc) is 3.13. The van der Waals surface area contributed by atoms with E-state index < -0.39 is 67.0 Å². The zero-order valence-electron chi connectivity index (χ0n) is 39.3. The Bertz CT molecular complexity index is 2150. The first-order valence-electron chi connectivity index (χ1n) is 20.0. The summed E-state index contributed by atoms with van der Waals surface area (Å²) in [7, 11) is -8.48. The van der Waals surface area contributed by atoms with Gasteiger partial charge in [0, 0.05) is 85.0 Å². The SMILES string of the molecule is CC(C=CC=C(C)C=CC1=C(C)C(=O)C(OC(=O)NCCS(=O)(=O)O)CC1(C)C)=CC=CC=C(C)C=CC=C(C)C=CC1=C(C)C(=O)C(OC(=O)NCCS(=O)(=O)O)CC1(C)C.[Na].[Na]. The average molecular weight is 945 g/mol. The van der Waals surface area contributed by atoms with E-state index >= 15 is 0 Å². The van der Waals surface area contributed by atoms with Crippen molar-refractivity contribution < 1.29 is 54.6 Å². The number of ketones is 2. The Balaban J connectivity index is 0.0000198. The Morgan fingerprint density at radius 2 is 0.891 bits per heavy atom. The van der Waals surface area contributed by atoms with Crippen LogP contribution in [0, 0.1) is 10.8 Å². The Kier molecular flexibility index (Phi) is 26.1. The molecule has 0 aliphatic heterocycles. The van der Waals surface area contributed by atoms with Crippen LogP contribution in [0.5, 0.6) is 0 Å². The normalized spacial score (nSPS) is 20.4. The zero-order valence-corrected chi connectivity index (χ0v) is 44.9. The van der Waals surface area contributed by atoms with Crippen molar-refractivity contribution in [3.05, 3.63) is 130 Å². The molecule has 0 aromatic heterocycles. The minimum atomic E-state index is -4.24. The fourth-order valence-electron chi connectivity index (χ4n) is 6.66. The second-order valence-electron chi connectivity index (χ2n) is 16.6. The summed E-state index contributed by atoms with van der Waals surface area (Å²) in [5.41, 5.74) is 5.60. The van der Waals surface area contributed by atoms with Crippen molar-refractivity contribution in [1.82, 2.24) is 10.6 Å². The molecule has 0 saturated heterocycles. The number of Topliss-reactive ketones (excluding diaryl/α,β-unsaturated/α-hetero) is 2. The molecule has 2 unspecified atom stereocenters. The van der Waals surface area contributed by atoms with E-state index in [1.165, 1.54) is 0 Å². The van der Waals surface area contributed by atoms with Crippen LogP contribution in [0.2, 0.25) is 0 Å². The molecule has 2 radical (unpaired) electrons. The van der Waals surface area contributed by atoms with Crippen molar-refractivity contribution in [1.29, 1.82) is 0 Å². The summed E-state index contributed by atoms with van der Waals surface area (Å²) in [6, 6.07) is 0. The van der Waals surface area contributed by atoms with Gasteiger partial charge in [-0.3, -0.25) is 18.7 Å². The van der Waals surface area contributed by atoms with Gasteiger partial charge >= 0.3 is 12.2 Å². The van der Waals surface area contributed by atoms with Crippen molar-refractivity contribution in [2.45, 2.75) is 94.3 Å². The van der Waals surface area contributed by atoms with Crippen LogP contribution < -0.4 is 10.6 Å². The summed E-state index contributed by atoms with van der Waals surface area (Å²) in [6.07, 6.45) is 23.9. The molecule has 2 rings (SSSR count). The maximum Gasteiger partial charge on any atom is 0.407 e. The van der Waals surface area contributed by atoms with E-state index in [9.17, 15) is 36.0 Å². The van der Waals surface area contributed by atoms with Crippen LogP contribution in [0.4, 0.5) is 9.59 Å². The van der Waals surface area contributed by atoms with E-state index in [1.54, 1.807) is 13.8 Å². The third kappa shape index (κ3) is 22.4. The second-order valence-corrected chi connectivity index (χ2v) is 19.8. The van der Waals surface area contributed by atoms with Crippen LogP contribution >= 0.6 is 0 Å². The fraction of sp³-hybridized carbons (Fsp3) is 0.435. The number of alkyl carbamates (subject to hydrolysis) is 2. The molecule has 0 aromatic carbocycles. The summed E-state index contributed by atoms with van der Waals surface area (Å²) >= 11 is 0. The number of hydrogen-bond donors (Lipinski definition) is 4. The first-order valence-corrected chi connectivity index (χ1v) is 23.2. The van der Waals surface area contributed by atoms with E-state index in [-0.39, 0.29) is 96.6 Å². The quantitative estimate of drug-likeness (QED) is 0.0601. The van der Waals surface area contributed by atoms with Crippen LogP contribution in [-0.4, -0.2) is 146 Å². The first kappa shape index (κ1) is 60.8. The standard InChI is InChI=1S/C46H62N2O12S2.2Na/c1-31(17-13-19-33(3)21-23-37-35(5)41(49)39(29-45(37,7)8)59-43(51)47-25-27-61(53,54)55)15-11-12-16-32(2)18-14-20-34(4)22-24-38-36(6)42(50)40(30-46(38,9)10)60-44(52)48-26-28-62(56,57)58;;/h11-24,39-40H,25-30H2,1-10H3,(H,47,51)(H,48,52)(H,53,54,55)(H,56,57,58);;. The molecule has 0 bridgehead atoms. The van der Waals surface area contributed by atoms with Gasteiger partial charge in [0.05, 0.1) is 11.5 Å². The first-order chi connectivity index (χ1) is 28.6. The number of rotatable bonds is 18. The van der Waals surface area contributed by atoms with Gasteiger partial charge in [-0.15, -0.1) is 0 Å². The van der Waals surface area contributed by atoms with E-state index in [2.05, 4.69) is 10.6 Å². The second kappa shape index (κ2) is 27.5. The number of nitrogens with one attached hydrogen (secondary N) is 2. The smallest absolute Gasteiger partial charge is 0.407 e. The molecule has 0 saturated carbocycles. The molecular weight excluding hydrogens is 883 g/mol. The van der Waals surface area contributed by atoms with Gasteiger partial charge in [-0.05, 0) is 74.7 Å². The summed E-state index contributed by atoms with van der Waals surface area (Å²) in [5.74, 6) is -1.98. The van der Waals surface area contributed by atoms with Gasteiger partial charge in [-0.25, -0.2) is 9.59 Å². The molecule has 2 aliphatic rings. The Hall–Kier alpha value is -3.16. The summed E-state index contributed by atoms with van der Waals surface area (Å²) < 4.78 is 71.8. The van der Waals surface area contributed by atoms with Gasteiger partial charge in [0.15, 0.2) is 23.8 Å². The number of allylic oxidation sites excluding steroid dienone is 20. The minimum absolute atomic E-state index is 0. The fourth-order valence-corrected chi connectivity index (χ4v) is 7.38. The van der Waals surface area contributed by atoms with Crippen molar-refractivity contribution in [2.24, 2.45) is 10.8 Å². The largest absolute Gasteiger partial charge is 0.438 e. The van der Waals surface area contributed by atoms with Gasteiger partial charge in [0.25, 0.3) is 20.2 Å². The number of carbonyl (C=O) groups is 4. The molecule has 4 N–H and O–H groups in total. The maximum atomic E-state index is 13.0. The summed E-state index contributed by atoms with van der Waals surface area (Å²) in [6.45, 7) is 18.4. The van der Waals surface area contributed by atoms with Crippen LogP contribution in [-0.2, 0) is 39.3 Å². The third-order valence-corrected chi connectivity index (χ3v) is 11.5. The molecule has 2 aliphatic carbocycles. The van der Waals surface area contributed by atoms with Crippen LogP contribution in [0.25, 0.3) is 0 Å². The Morgan fingerprint density at radius 1 is 0.594 bits per heavy atom. The molecule has 2 atom stereocenters. The van der Waals surface area contributed by atoms with Crippen LogP contribution in [0.15, 0.2) is 130 Å². The monoisotopic (exact) mass is 944 g/mol. The predicted octanol–water partition coefficient (Wildman–Crippen LogP) is 7.39. The van der Waals surface area contributed by atoms with Crippen molar-refractivity contribution in [2.75, 3.05) is 24.6 Å². The number of carbonyl (C=O) groups excluding carboxylic acids is 4. The molecule has 18 heteroatoms. The molecule has 0 spiro atoms. The number of ether oxygens (including phenoxy) is 2. The molecule has 64 heavy (non-hydrogen) atoms. The van der Waals surface area contributed by atoms with Crippen LogP contribution in [0.3, 0.4) is 0 Å². The van der Waals surface area contributed by atoms with Crippen LogP contribution in [0.1, 0.15) is 82.1 Å². The molecule has 0 fully saturated rings. The van der Waals surface area contributed by atoms with E-state index in [1.807, 2.05) is 140 Å². The van der Waals surface area contributed by atoms with Gasteiger partial charge in [0.2, 0.25) is 0 Å². The molecule has 0 aromatic rings. The van der Waals surface area contributed by atoms with Crippen molar-refractivity contribution in [3.63, 3.8) is 0 Å². The van der Waals surface area contributed by atoms with Gasteiger partial charge in [-0.2, -0.15) is 16.8 Å². The zero-order chi connectivity index (χ0) is 47.1. The number of amides is 2. The molecule has 342 valence electrons. The molecule has 14 nitrogen and oxygen atoms in total. The van der Waals surface area contributed by atoms with E-state index in [4.69, 9.17) is 18.6 Å².